The van der Waals surface area contributed by atoms with Gasteiger partial charge in [-0.15, -0.1) is 0 Å². The summed E-state index contributed by atoms with van der Waals surface area (Å²) in [5, 5.41) is 18.1. The Morgan fingerprint density at radius 3 is 2.28 bits per heavy atom. The highest BCUT2D eigenvalue weighted by Crippen LogP contribution is 2.11. The van der Waals surface area contributed by atoms with Gasteiger partial charge in [0.15, 0.2) is 0 Å². The first kappa shape index (κ1) is 17.2. The Hall–Kier alpha value is -0.830. The normalized spacial score (nSPS) is 13.0. The van der Waals surface area contributed by atoms with Crippen LogP contribution >= 0.6 is 0 Å². The molecule has 0 rings (SSSR count). The van der Waals surface area contributed by atoms with E-state index in [4.69, 9.17) is 5.11 Å². The Labute approximate surface area is 111 Å². The fraction of sp³-hybridized carbons (Fsp3) is 0.800. The first-order valence-electron chi connectivity index (χ1n) is 7.21. The highest BCUT2D eigenvalue weighted by Gasteiger charge is 2.01. The third-order valence-corrected chi connectivity index (χ3v) is 2.99. The number of aliphatic hydroxyl groups is 1. The van der Waals surface area contributed by atoms with Gasteiger partial charge in [0.05, 0.1) is 6.10 Å². The highest BCUT2D eigenvalue weighted by molar-refractivity contribution is 5.66. The van der Waals surface area contributed by atoms with E-state index in [9.17, 15) is 9.90 Å². The van der Waals surface area contributed by atoms with Crippen LogP contribution in [0.4, 0.5) is 0 Å². The zero-order chi connectivity index (χ0) is 13.6. The van der Waals surface area contributed by atoms with Crippen LogP contribution in [0.15, 0.2) is 12.2 Å². The molecule has 0 aromatic carbocycles. The molecule has 0 radical (unpaired) electrons. The molecule has 0 aromatic heterocycles. The monoisotopic (exact) mass is 256 g/mol. The Kier molecular flexibility index (Phi) is 12.0. The second-order valence-corrected chi connectivity index (χ2v) is 4.82. The van der Waals surface area contributed by atoms with Crippen molar-refractivity contribution in [2.24, 2.45) is 0 Å². The summed E-state index contributed by atoms with van der Waals surface area (Å²) in [6.07, 6.45) is 13.2. The molecule has 18 heavy (non-hydrogen) atoms. The average molecular weight is 256 g/mol. The van der Waals surface area contributed by atoms with Gasteiger partial charge < -0.3 is 10.2 Å². The summed E-state index contributed by atoms with van der Waals surface area (Å²) in [7, 11) is 0. The predicted molar refractivity (Wildman–Crippen MR) is 74.6 cm³/mol. The maximum atomic E-state index is 10.3. The third-order valence-electron chi connectivity index (χ3n) is 2.99. The van der Waals surface area contributed by atoms with E-state index in [-0.39, 0.29) is 6.10 Å². The predicted octanol–water partition coefficient (Wildman–Crippen LogP) is 3.91. The molecular weight excluding hydrogens is 228 g/mol. The number of hydrogen-bond acceptors (Lipinski definition) is 2. The van der Waals surface area contributed by atoms with Crippen molar-refractivity contribution in [3.8, 4) is 0 Å². The molecule has 3 heteroatoms. The minimum absolute atomic E-state index is 0.195. The van der Waals surface area contributed by atoms with Gasteiger partial charge in [0.1, 0.15) is 0 Å². The minimum Gasteiger partial charge on any atom is -0.481 e. The fourth-order valence-corrected chi connectivity index (χ4v) is 1.90. The van der Waals surface area contributed by atoms with Crippen LogP contribution in [0, 0.1) is 0 Å². The van der Waals surface area contributed by atoms with Gasteiger partial charge in [-0.25, -0.2) is 0 Å². The van der Waals surface area contributed by atoms with Gasteiger partial charge in [-0.05, 0) is 25.7 Å². The summed E-state index contributed by atoms with van der Waals surface area (Å²) in [6, 6.07) is 0. The lowest BCUT2D eigenvalue weighted by atomic mass is 10.0. The van der Waals surface area contributed by atoms with Crippen molar-refractivity contribution < 1.29 is 15.0 Å². The van der Waals surface area contributed by atoms with E-state index in [2.05, 4.69) is 19.1 Å². The number of unbranched alkanes of at least 4 members (excludes halogenated alkanes) is 5. The Morgan fingerprint density at radius 2 is 1.67 bits per heavy atom. The lowest BCUT2D eigenvalue weighted by Gasteiger charge is -2.07. The van der Waals surface area contributed by atoms with Gasteiger partial charge in [-0.3, -0.25) is 4.79 Å². The van der Waals surface area contributed by atoms with Crippen LogP contribution in [0.1, 0.15) is 71.1 Å². The molecule has 0 aliphatic heterocycles. The molecule has 0 bridgehead atoms. The van der Waals surface area contributed by atoms with Crippen molar-refractivity contribution in [1.82, 2.24) is 0 Å². The summed E-state index contributed by atoms with van der Waals surface area (Å²) in [4.78, 5) is 10.3. The molecule has 0 fully saturated rings. The Balaban J connectivity index is 3.19. The summed E-state index contributed by atoms with van der Waals surface area (Å²) >= 11 is 0. The van der Waals surface area contributed by atoms with E-state index >= 15 is 0 Å². The van der Waals surface area contributed by atoms with Gasteiger partial charge in [-0.2, -0.15) is 0 Å². The van der Waals surface area contributed by atoms with Crippen LogP contribution in [0.25, 0.3) is 0 Å². The number of carbonyl (C=O) groups is 1. The lowest BCUT2D eigenvalue weighted by Crippen LogP contribution is -2.04. The summed E-state index contributed by atoms with van der Waals surface area (Å²) < 4.78 is 0. The van der Waals surface area contributed by atoms with Gasteiger partial charge in [0.2, 0.25) is 0 Å². The van der Waals surface area contributed by atoms with Crippen LogP contribution in [-0.4, -0.2) is 22.3 Å². The second kappa shape index (κ2) is 12.6. The number of carboxylic acids is 1. The van der Waals surface area contributed by atoms with Crippen molar-refractivity contribution in [3.05, 3.63) is 12.2 Å². The van der Waals surface area contributed by atoms with Crippen LogP contribution in [0.2, 0.25) is 0 Å². The van der Waals surface area contributed by atoms with Crippen molar-refractivity contribution in [2.75, 3.05) is 0 Å². The molecule has 0 aliphatic rings. The number of hydrogen-bond donors (Lipinski definition) is 2. The van der Waals surface area contributed by atoms with Crippen molar-refractivity contribution in [3.63, 3.8) is 0 Å². The second-order valence-electron chi connectivity index (χ2n) is 4.82. The average Bonchev–Trinajstić information content (AvgIpc) is 2.32. The van der Waals surface area contributed by atoms with E-state index in [0.29, 0.717) is 6.42 Å². The topological polar surface area (TPSA) is 57.5 Å². The molecule has 0 aromatic rings. The van der Waals surface area contributed by atoms with Crippen molar-refractivity contribution in [2.45, 2.75) is 77.2 Å². The van der Waals surface area contributed by atoms with Crippen molar-refractivity contribution >= 4 is 5.97 Å². The molecule has 0 aliphatic carbocycles. The molecular formula is C15H28O3. The molecule has 2 N–H and O–H groups in total. The van der Waals surface area contributed by atoms with Gasteiger partial charge in [-0.1, -0.05) is 51.2 Å². The fourth-order valence-electron chi connectivity index (χ4n) is 1.90. The van der Waals surface area contributed by atoms with Crippen LogP contribution in [-0.2, 0) is 4.79 Å². The van der Waals surface area contributed by atoms with Crippen LogP contribution in [0.5, 0.6) is 0 Å². The first-order chi connectivity index (χ1) is 8.66. The highest BCUT2D eigenvalue weighted by atomic mass is 16.4. The number of aliphatic carboxylic acids is 1. The van der Waals surface area contributed by atoms with E-state index < -0.39 is 5.97 Å². The smallest absolute Gasteiger partial charge is 0.303 e. The Morgan fingerprint density at radius 1 is 1.06 bits per heavy atom. The molecule has 0 saturated carbocycles. The largest absolute Gasteiger partial charge is 0.481 e. The number of carboxylic acid groups (broad SMARTS) is 1. The maximum absolute atomic E-state index is 10.3. The van der Waals surface area contributed by atoms with Crippen LogP contribution < -0.4 is 0 Å². The molecule has 3 nitrogen and oxygen atoms in total. The van der Waals surface area contributed by atoms with Gasteiger partial charge >= 0.3 is 5.97 Å². The van der Waals surface area contributed by atoms with Crippen LogP contribution in [0.3, 0.4) is 0 Å². The molecule has 106 valence electrons. The van der Waals surface area contributed by atoms with Gasteiger partial charge in [0.25, 0.3) is 0 Å². The minimum atomic E-state index is -0.696. The van der Waals surface area contributed by atoms with E-state index in [1.54, 1.807) is 0 Å². The van der Waals surface area contributed by atoms with E-state index in [1.165, 1.54) is 0 Å². The zero-order valence-corrected chi connectivity index (χ0v) is 11.6. The van der Waals surface area contributed by atoms with E-state index in [0.717, 1.165) is 57.8 Å². The Bertz CT molecular complexity index is 224. The zero-order valence-electron chi connectivity index (χ0n) is 11.6. The quantitative estimate of drug-likeness (QED) is 0.411. The first-order valence-corrected chi connectivity index (χ1v) is 7.21. The molecule has 0 heterocycles. The van der Waals surface area contributed by atoms with Crippen molar-refractivity contribution in [1.29, 1.82) is 0 Å². The standard InChI is InChI=1S/C15H28O3/c1-2-3-8-11-14(16)12-9-6-4-5-7-10-13-15(17)18/h3,8,14,16H,2,4-7,9-13H2,1H3,(H,17,18)/b8-3+. The SMILES string of the molecule is CC/C=C/CC(O)CCCCCCCCC(=O)O. The molecule has 0 amide bonds. The maximum Gasteiger partial charge on any atom is 0.303 e. The number of allylic oxidation sites excluding steroid dienone is 1. The number of rotatable bonds is 12. The molecule has 0 saturated heterocycles. The molecule has 1 unspecified atom stereocenters. The summed E-state index contributed by atoms with van der Waals surface area (Å²) in [5.74, 6) is -0.696. The van der Waals surface area contributed by atoms with E-state index in [1.807, 2.05) is 0 Å². The molecule has 1 atom stereocenters. The molecule has 0 spiro atoms. The lowest BCUT2D eigenvalue weighted by molar-refractivity contribution is -0.137. The number of aliphatic hydroxyl groups excluding tert-OH is 1. The summed E-state index contributed by atoms with van der Waals surface area (Å²) in [6.45, 7) is 2.09. The summed E-state index contributed by atoms with van der Waals surface area (Å²) in [5.41, 5.74) is 0. The van der Waals surface area contributed by atoms with Gasteiger partial charge in [0, 0.05) is 6.42 Å². The third kappa shape index (κ3) is 13.2.